The number of aromatic nitrogens is 2. The number of ether oxygens (including phenoxy) is 2. The Kier molecular flexibility index (Phi) is 4.87. The third-order valence-electron chi connectivity index (χ3n) is 2.78. The minimum Gasteiger partial charge on any atom is -0.489 e. The Labute approximate surface area is 124 Å². The Hall–Kier alpha value is -2.43. The maximum Gasteiger partial charge on any atom is 0.212 e. The molecule has 2 heterocycles. The quantitative estimate of drug-likeness (QED) is 0.764. The summed E-state index contributed by atoms with van der Waals surface area (Å²) in [5, 5.41) is 0. The Morgan fingerprint density at radius 1 is 1.24 bits per heavy atom. The van der Waals surface area contributed by atoms with Crippen LogP contribution in [0.25, 0.3) is 0 Å². The lowest BCUT2D eigenvalue weighted by atomic mass is 10.1. The highest BCUT2D eigenvalue weighted by atomic mass is 16.5. The van der Waals surface area contributed by atoms with E-state index in [-0.39, 0.29) is 18.3 Å². The lowest BCUT2D eigenvalue weighted by Gasteiger charge is -2.10. The van der Waals surface area contributed by atoms with Crippen molar-refractivity contribution in [1.82, 2.24) is 9.97 Å². The van der Waals surface area contributed by atoms with Gasteiger partial charge in [0, 0.05) is 30.4 Å². The zero-order valence-corrected chi connectivity index (χ0v) is 12.4. The van der Waals surface area contributed by atoms with E-state index in [0.717, 1.165) is 5.56 Å². The zero-order chi connectivity index (χ0) is 15.2. The van der Waals surface area contributed by atoms with Crippen molar-refractivity contribution in [2.75, 3.05) is 7.11 Å². The van der Waals surface area contributed by atoms with E-state index in [1.807, 2.05) is 19.9 Å². The molecule has 21 heavy (non-hydrogen) atoms. The summed E-state index contributed by atoms with van der Waals surface area (Å²) in [6, 6.07) is 5.27. The summed E-state index contributed by atoms with van der Waals surface area (Å²) in [6.45, 7) is 3.86. The van der Waals surface area contributed by atoms with Gasteiger partial charge in [-0.25, -0.2) is 4.98 Å². The molecule has 0 unspecified atom stereocenters. The molecule has 0 aliphatic carbocycles. The predicted octanol–water partition coefficient (Wildman–Crippen LogP) is 2.70. The van der Waals surface area contributed by atoms with Gasteiger partial charge >= 0.3 is 0 Å². The van der Waals surface area contributed by atoms with Gasteiger partial charge in [0.25, 0.3) is 0 Å². The van der Waals surface area contributed by atoms with Crippen LogP contribution in [0.15, 0.2) is 36.8 Å². The molecule has 110 valence electrons. The van der Waals surface area contributed by atoms with Gasteiger partial charge in [0.05, 0.1) is 19.4 Å². The van der Waals surface area contributed by atoms with Crippen molar-refractivity contribution in [2.45, 2.75) is 26.4 Å². The minimum absolute atomic E-state index is 0.0244. The normalized spacial score (nSPS) is 10.5. The number of carbonyl (C=O) groups is 1. The molecule has 2 aromatic rings. The van der Waals surface area contributed by atoms with Crippen LogP contribution >= 0.6 is 0 Å². The lowest BCUT2D eigenvalue weighted by molar-refractivity contribution is 0.0991. The summed E-state index contributed by atoms with van der Waals surface area (Å²) in [7, 11) is 1.55. The minimum atomic E-state index is -0.0244. The molecule has 0 atom stereocenters. The molecular weight excluding hydrogens is 268 g/mol. The summed E-state index contributed by atoms with van der Waals surface area (Å²) in [5.41, 5.74) is 1.36. The van der Waals surface area contributed by atoms with Crippen LogP contribution in [0.3, 0.4) is 0 Å². The van der Waals surface area contributed by atoms with Gasteiger partial charge in [-0.2, -0.15) is 0 Å². The van der Waals surface area contributed by atoms with Gasteiger partial charge in [-0.1, -0.05) is 6.07 Å². The van der Waals surface area contributed by atoms with Crippen molar-refractivity contribution < 1.29 is 14.3 Å². The zero-order valence-electron chi connectivity index (χ0n) is 12.4. The van der Waals surface area contributed by atoms with E-state index in [1.165, 1.54) is 0 Å². The average molecular weight is 286 g/mol. The van der Waals surface area contributed by atoms with Gasteiger partial charge in [0.1, 0.15) is 5.75 Å². The number of carbonyl (C=O) groups excluding carboxylic acids is 1. The standard InChI is InChI=1S/C16H18N2O3/c1-11(2)21-14-7-13(9-17-10-14)15(19)6-12-4-5-16(20-3)18-8-12/h4-5,7-11H,6H2,1-3H3. The molecule has 0 N–H and O–H groups in total. The van der Waals surface area contributed by atoms with Gasteiger partial charge in [-0.05, 0) is 25.5 Å². The third kappa shape index (κ3) is 4.27. The average Bonchev–Trinajstić information content (AvgIpc) is 2.47. The van der Waals surface area contributed by atoms with Crippen LogP contribution in [0.1, 0.15) is 29.8 Å². The van der Waals surface area contributed by atoms with E-state index in [9.17, 15) is 4.79 Å². The summed E-state index contributed by atoms with van der Waals surface area (Å²) >= 11 is 0. The van der Waals surface area contributed by atoms with Gasteiger partial charge in [-0.3, -0.25) is 9.78 Å². The number of ketones is 1. The van der Waals surface area contributed by atoms with Crippen molar-refractivity contribution in [3.05, 3.63) is 47.9 Å². The molecule has 0 saturated heterocycles. The van der Waals surface area contributed by atoms with Crippen molar-refractivity contribution in [1.29, 1.82) is 0 Å². The van der Waals surface area contributed by atoms with Gasteiger partial charge < -0.3 is 9.47 Å². The van der Waals surface area contributed by atoms with Gasteiger partial charge in [0.2, 0.25) is 5.88 Å². The second-order valence-corrected chi connectivity index (χ2v) is 4.88. The molecule has 2 rings (SSSR count). The van der Waals surface area contributed by atoms with Crippen LogP contribution in [0.2, 0.25) is 0 Å². The second kappa shape index (κ2) is 6.83. The van der Waals surface area contributed by atoms with Crippen LogP contribution in [-0.4, -0.2) is 29.0 Å². The number of pyridine rings is 2. The molecule has 0 bridgehead atoms. The van der Waals surface area contributed by atoms with Crippen molar-refractivity contribution in [2.24, 2.45) is 0 Å². The maximum atomic E-state index is 12.3. The first-order valence-electron chi connectivity index (χ1n) is 6.72. The molecule has 5 nitrogen and oxygen atoms in total. The largest absolute Gasteiger partial charge is 0.489 e. The first kappa shape index (κ1) is 15.0. The SMILES string of the molecule is COc1ccc(CC(=O)c2cncc(OC(C)C)c2)cn1. The van der Waals surface area contributed by atoms with Crippen LogP contribution < -0.4 is 9.47 Å². The Morgan fingerprint density at radius 3 is 2.67 bits per heavy atom. The first-order chi connectivity index (χ1) is 10.1. The van der Waals surface area contributed by atoms with Gasteiger partial charge in [-0.15, -0.1) is 0 Å². The van der Waals surface area contributed by atoms with Crippen LogP contribution in [0, 0.1) is 0 Å². The van der Waals surface area contributed by atoms with Crippen molar-refractivity contribution in [3.8, 4) is 11.6 Å². The first-order valence-corrected chi connectivity index (χ1v) is 6.72. The third-order valence-corrected chi connectivity index (χ3v) is 2.78. The molecule has 0 aliphatic heterocycles. The molecular formula is C16H18N2O3. The second-order valence-electron chi connectivity index (χ2n) is 4.88. The molecule has 2 aromatic heterocycles. The molecule has 0 amide bonds. The maximum absolute atomic E-state index is 12.3. The number of rotatable bonds is 6. The van der Waals surface area contributed by atoms with Crippen LogP contribution in [-0.2, 0) is 6.42 Å². The summed E-state index contributed by atoms with van der Waals surface area (Å²) in [5.74, 6) is 1.10. The molecule has 0 aromatic carbocycles. The highest BCUT2D eigenvalue weighted by molar-refractivity contribution is 5.97. The number of methoxy groups -OCH3 is 1. The van der Waals surface area contributed by atoms with E-state index in [4.69, 9.17) is 9.47 Å². The molecule has 0 aliphatic rings. The predicted molar refractivity (Wildman–Crippen MR) is 78.8 cm³/mol. The fourth-order valence-corrected chi connectivity index (χ4v) is 1.83. The number of hydrogen-bond donors (Lipinski definition) is 0. The van der Waals surface area contributed by atoms with Crippen LogP contribution in [0.5, 0.6) is 11.6 Å². The number of nitrogens with zero attached hydrogens (tertiary/aromatic N) is 2. The van der Waals surface area contributed by atoms with E-state index in [0.29, 0.717) is 17.2 Å². The van der Waals surface area contributed by atoms with Gasteiger partial charge in [0.15, 0.2) is 5.78 Å². The molecule has 0 saturated carbocycles. The monoisotopic (exact) mass is 286 g/mol. The fourth-order valence-electron chi connectivity index (χ4n) is 1.83. The number of hydrogen-bond acceptors (Lipinski definition) is 5. The fraction of sp³-hybridized carbons (Fsp3) is 0.312. The molecule has 5 heteroatoms. The Balaban J connectivity index is 2.08. The van der Waals surface area contributed by atoms with E-state index < -0.39 is 0 Å². The van der Waals surface area contributed by atoms with E-state index >= 15 is 0 Å². The van der Waals surface area contributed by atoms with E-state index in [1.54, 1.807) is 37.8 Å². The summed E-state index contributed by atoms with van der Waals surface area (Å²) in [4.78, 5) is 20.4. The lowest BCUT2D eigenvalue weighted by Crippen LogP contribution is -2.08. The number of Topliss-reactive ketones (excluding diaryl/α,β-unsaturated/α-hetero) is 1. The van der Waals surface area contributed by atoms with Crippen LogP contribution in [0.4, 0.5) is 0 Å². The van der Waals surface area contributed by atoms with Crippen molar-refractivity contribution in [3.63, 3.8) is 0 Å². The summed E-state index contributed by atoms with van der Waals surface area (Å²) < 4.78 is 10.5. The topological polar surface area (TPSA) is 61.3 Å². The Morgan fingerprint density at radius 2 is 2.05 bits per heavy atom. The highest BCUT2D eigenvalue weighted by Crippen LogP contribution is 2.15. The highest BCUT2D eigenvalue weighted by Gasteiger charge is 2.10. The Bertz CT molecular complexity index is 609. The van der Waals surface area contributed by atoms with E-state index in [2.05, 4.69) is 9.97 Å². The van der Waals surface area contributed by atoms with Crippen molar-refractivity contribution >= 4 is 5.78 Å². The smallest absolute Gasteiger partial charge is 0.212 e. The summed E-state index contributed by atoms with van der Waals surface area (Å²) in [6.07, 6.45) is 5.10. The molecule has 0 spiro atoms. The molecule has 0 fully saturated rings. The molecule has 0 radical (unpaired) electrons.